The second kappa shape index (κ2) is 5.02. The van der Waals surface area contributed by atoms with E-state index < -0.39 is 0 Å². The van der Waals surface area contributed by atoms with Gasteiger partial charge in [0.15, 0.2) is 0 Å². The Labute approximate surface area is 89.1 Å². The van der Waals surface area contributed by atoms with E-state index in [0.717, 1.165) is 37.5 Å². The Kier molecular flexibility index (Phi) is 4.27. The first-order valence-electron chi connectivity index (χ1n) is 4.60. The normalized spacial score (nSPS) is 31.0. The number of hydrogen-bond acceptors (Lipinski definition) is 1. The van der Waals surface area contributed by atoms with Crippen molar-refractivity contribution in [1.29, 1.82) is 0 Å². The molecule has 0 aromatic carbocycles. The molecule has 0 aromatic rings. The van der Waals surface area contributed by atoms with Crippen molar-refractivity contribution in [2.24, 2.45) is 5.92 Å². The van der Waals surface area contributed by atoms with Gasteiger partial charge >= 0.3 is 0 Å². The molecule has 1 saturated carbocycles. The van der Waals surface area contributed by atoms with E-state index in [1.54, 1.807) is 6.92 Å². The summed E-state index contributed by atoms with van der Waals surface area (Å²) < 4.78 is 0. The molecule has 1 nitrogen and oxygen atoms in total. The summed E-state index contributed by atoms with van der Waals surface area (Å²) in [4.78, 5) is 10.8. The van der Waals surface area contributed by atoms with E-state index in [2.05, 4.69) is 0 Å². The molecule has 3 heteroatoms. The Bertz CT molecular complexity index is 211. The predicted octanol–water partition coefficient (Wildman–Crippen LogP) is 3.50. The minimum absolute atomic E-state index is 0.291. The molecule has 1 fully saturated rings. The number of rotatable bonds is 2. The number of halogens is 2. The van der Waals surface area contributed by atoms with E-state index in [4.69, 9.17) is 23.2 Å². The van der Waals surface area contributed by atoms with Gasteiger partial charge in [0.05, 0.1) is 0 Å². The molecule has 0 spiro atoms. The Hall–Kier alpha value is -0.0100. The van der Waals surface area contributed by atoms with Gasteiger partial charge in [-0.1, -0.05) is 11.6 Å². The Morgan fingerprint density at radius 2 is 1.85 bits per heavy atom. The molecule has 1 rings (SSSR count). The van der Waals surface area contributed by atoms with Gasteiger partial charge < -0.3 is 0 Å². The second-order valence-corrected chi connectivity index (χ2v) is 4.74. The third-order valence-corrected chi connectivity index (χ3v) is 3.28. The van der Waals surface area contributed by atoms with Gasteiger partial charge in [0.25, 0.3) is 0 Å². The van der Waals surface area contributed by atoms with Crippen LogP contribution in [0.4, 0.5) is 0 Å². The maximum Gasteiger partial charge on any atom is 0.147 e. The fourth-order valence-electron chi connectivity index (χ4n) is 1.82. The summed E-state index contributed by atoms with van der Waals surface area (Å²) in [6.45, 7) is 1.78. The average molecular weight is 221 g/mol. The van der Waals surface area contributed by atoms with Gasteiger partial charge in [0.1, 0.15) is 6.29 Å². The van der Waals surface area contributed by atoms with E-state index in [9.17, 15) is 4.79 Å². The van der Waals surface area contributed by atoms with Gasteiger partial charge in [-0.2, -0.15) is 0 Å². The molecule has 0 radical (unpaired) electrons. The van der Waals surface area contributed by atoms with Crippen LogP contribution in [-0.4, -0.2) is 11.7 Å². The fourth-order valence-corrected chi connectivity index (χ4v) is 2.27. The van der Waals surface area contributed by atoms with E-state index in [-0.39, 0.29) is 0 Å². The zero-order valence-corrected chi connectivity index (χ0v) is 9.24. The number of allylic oxidation sites excluding steroid dienone is 2. The minimum atomic E-state index is 0.291. The lowest BCUT2D eigenvalue weighted by Gasteiger charge is -2.25. The molecule has 0 atom stereocenters. The number of carbonyl (C=O) groups is 1. The van der Waals surface area contributed by atoms with E-state index in [1.807, 2.05) is 0 Å². The van der Waals surface area contributed by atoms with Crippen LogP contribution in [-0.2, 0) is 4.79 Å². The molecular formula is C10H14Cl2O. The van der Waals surface area contributed by atoms with Crippen molar-refractivity contribution < 1.29 is 4.79 Å². The molecule has 74 valence electrons. The Morgan fingerprint density at radius 1 is 1.31 bits per heavy atom. The molecule has 1 aliphatic carbocycles. The van der Waals surface area contributed by atoms with Crippen LogP contribution in [0.5, 0.6) is 0 Å². The summed E-state index contributed by atoms with van der Waals surface area (Å²) in [7, 11) is 0. The molecule has 0 bridgehead atoms. The van der Waals surface area contributed by atoms with Gasteiger partial charge in [-0.15, -0.1) is 11.6 Å². The lowest BCUT2D eigenvalue weighted by Crippen LogP contribution is -2.17. The SMILES string of the molecule is C/C(Cl)=C(\C=O)C1CCC(Cl)CC1. The molecule has 0 aromatic heterocycles. The third kappa shape index (κ3) is 2.99. The van der Waals surface area contributed by atoms with Crippen LogP contribution in [0.1, 0.15) is 32.6 Å². The maximum absolute atomic E-state index is 10.8. The predicted molar refractivity (Wildman–Crippen MR) is 56.2 cm³/mol. The largest absolute Gasteiger partial charge is 0.298 e. The van der Waals surface area contributed by atoms with Crippen LogP contribution in [0.3, 0.4) is 0 Å². The van der Waals surface area contributed by atoms with Crippen LogP contribution in [0.15, 0.2) is 10.6 Å². The minimum Gasteiger partial charge on any atom is -0.298 e. The van der Waals surface area contributed by atoms with Crippen LogP contribution in [0, 0.1) is 5.92 Å². The third-order valence-electron chi connectivity index (χ3n) is 2.62. The number of carbonyl (C=O) groups excluding carboxylic acids is 1. The molecule has 0 unspecified atom stereocenters. The number of aldehydes is 1. The zero-order valence-electron chi connectivity index (χ0n) is 7.72. The highest BCUT2D eigenvalue weighted by Crippen LogP contribution is 2.33. The van der Waals surface area contributed by atoms with Crippen LogP contribution in [0.2, 0.25) is 0 Å². The highest BCUT2D eigenvalue weighted by atomic mass is 35.5. The molecule has 0 amide bonds. The summed E-state index contributed by atoms with van der Waals surface area (Å²) in [5.74, 6) is 0.338. The summed E-state index contributed by atoms with van der Waals surface area (Å²) in [5, 5.41) is 0.924. The van der Waals surface area contributed by atoms with Crippen LogP contribution >= 0.6 is 23.2 Å². The van der Waals surface area contributed by atoms with Crippen molar-refractivity contribution in [2.75, 3.05) is 0 Å². The van der Waals surface area contributed by atoms with E-state index >= 15 is 0 Å². The molecule has 0 aliphatic heterocycles. The smallest absolute Gasteiger partial charge is 0.147 e. The van der Waals surface area contributed by atoms with Gasteiger partial charge in [0.2, 0.25) is 0 Å². The van der Waals surface area contributed by atoms with Crippen molar-refractivity contribution in [3.05, 3.63) is 10.6 Å². The Balaban J connectivity index is 2.62. The molecular weight excluding hydrogens is 207 g/mol. The first-order valence-corrected chi connectivity index (χ1v) is 5.42. The first kappa shape index (κ1) is 11.1. The van der Waals surface area contributed by atoms with Gasteiger partial charge in [-0.3, -0.25) is 4.79 Å². The summed E-state index contributed by atoms with van der Waals surface area (Å²) >= 11 is 11.8. The Morgan fingerprint density at radius 3 is 2.23 bits per heavy atom. The molecule has 0 heterocycles. The second-order valence-electron chi connectivity index (χ2n) is 3.56. The summed E-state index contributed by atoms with van der Waals surface area (Å²) in [5.41, 5.74) is 0.769. The van der Waals surface area contributed by atoms with Crippen molar-refractivity contribution in [1.82, 2.24) is 0 Å². The lowest BCUT2D eigenvalue weighted by atomic mass is 9.84. The monoisotopic (exact) mass is 220 g/mol. The highest BCUT2D eigenvalue weighted by molar-refractivity contribution is 6.30. The van der Waals surface area contributed by atoms with Crippen LogP contribution < -0.4 is 0 Å². The van der Waals surface area contributed by atoms with Crippen molar-refractivity contribution in [2.45, 2.75) is 38.0 Å². The molecule has 1 aliphatic rings. The fraction of sp³-hybridized carbons (Fsp3) is 0.700. The standard InChI is InChI=1S/C10H14Cl2O/c1-7(11)10(6-13)8-2-4-9(12)5-3-8/h6,8-9H,2-5H2,1H3/b10-7-. The first-order chi connectivity index (χ1) is 6.15. The topological polar surface area (TPSA) is 17.1 Å². The number of alkyl halides is 1. The lowest BCUT2D eigenvalue weighted by molar-refractivity contribution is -0.105. The quantitative estimate of drug-likeness (QED) is 0.396. The number of hydrogen-bond donors (Lipinski definition) is 0. The van der Waals surface area contributed by atoms with Gasteiger partial charge in [0, 0.05) is 16.0 Å². The molecule has 13 heavy (non-hydrogen) atoms. The van der Waals surface area contributed by atoms with Gasteiger partial charge in [-0.25, -0.2) is 0 Å². The van der Waals surface area contributed by atoms with E-state index in [0.29, 0.717) is 16.3 Å². The molecule has 0 N–H and O–H groups in total. The highest BCUT2D eigenvalue weighted by Gasteiger charge is 2.23. The van der Waals surface area contributed by atoms with Crippen molar-refractivity contribution >= 4 is 29.5 Å². The molecule has 0 saturated heterocycles. The van der Waals surface area contributed by atoms with E-state index in [1.165, 1.54) is 0 Å². The maximum atomic E-state index is 10.8. The average Bonchev–Trinajstić information content (AvgIpc) is 2.09. The van der Waals surface area contributed by atoms with Gasteiger partial charge in [-0.05, 0) is 38.5 Å². The summed E-state index contributed by atoms with van der Waals surface area (Å²) in [6.07, 6.45) is 4.86. The van der Waals surface area contributed by atoms with Crippen molar-refractivity contribution in [3.63, 3.8) is 0 Å². The zero-order chi connectivity index (χ0) is 9.84. The van der Waals surface area contributed by atoms with Crippen LogP contribution in [0.25, 0.3) is 0 Å². The summed E-state index contributed by atoms with van der Waals surface area (Å²) in [6, 6.07) is 0. The van der Waals surface area contributed by atoms with Crippen molar-refractivity contribution in [3.8, 4) is 0 Å².